The maximum Gasteiger partial charge on any atom is 0.253 e. The predicted octanol–water partition coefficient (Wildman–Crippen LogP) is 4.72. The van der Waals surface area contributed by atoms with Crippen LogP contribution in [-0.4, -0.2) is 18.9 Å². The van der Waals surface area contributed by atoms with Gasteiger partial charge in [-0.3, -0.25) is 9.59 Å². The van der Waals surface area contributed by atoms with E-state index in [1.54, 1.807) is 36.4 Å². The summed E-state index contributed by atoms with van der Waals surface area (Å²) < 4.78 is 5.26. The highest BCUT2D eigenvalue weighted by molar-refractivity contribution is 6.33. The Morgan fingerprint density at radius 1 is 1.06 bits per heavy atom. The molecule has 0 saturated heterocycles. The highest BCUT2D eigenvalue weighted by Gasteiger charge is 2.21. The first-order valence-electron chi connectivity index (χ1n) is 9.50. The third-order valence-electron chi connectivity index (χ3n) is 4.62. The lowest BCUT2D eigenvalue weighted by atomic mass is 10.0. The van der Waals surface area contributed by atoms with E-state index in [1.165, 1.54) is 13.2 Å². The molecule has 6 nitrogen and oxygen atoms in total. The molecule has 0 saturated carbocycles. The van der Waals surface area contributed by atoms with Crippen LogP contribution < -0.4 is 15.4 Å². The molecule has 0 aliphatic rings. The number of carbonyl (C=O) groups is 2. The van der Waals surface area contributed by atoms with E-state index < -0.39 is 6.04 Å². The van der Waals surface area contributed by atoms with Gasteiger partial charge < -0.3 is 15.4 Å². The zero-order valence-electron chi connectivity index (χ0n) is 16.8. The molecule has 156 valence electrons. The van der Waals surface area contributed by atoms with Crippen LogP contribution in [-0.2, 0) is 4.79 Å². The van der Waals surface area contributed by atoms with E-state index in [4.69, 9.17) is 21.6 Å². The number of rotatable bonds is 7. The van der Waals surface area contributed by atoms with Crippen molar-refractivity contribution in [3.8, 4) is 11.8 Å². The Balaban J connectivity index is 1.81. The third-order valence-corrected chi connectivity index (χ3v) is 4.95. The predicted molar refractivity (Wildman–Crippen MR) is 119 cm³/mol. The number of nitrogens with zero attached hydrogens (tertiary/aromatic N) is 1. The largest absolute Gasteiger partial charge is 0.495 e. The molecular formula is C24H20ClN3O3. The van der Waals surface area contributed by atoms with Crippen molar-refractivity contribution in [2.24, 2.45) is 0 Å². The summed E-state index contributed by atoms with van der Waals surface area (Å²) in [4.78, 5) is 25.6. The first kappa shape index (κ1) is 21.9. The normalized spacial score (nSPS) is 11.1. The number of nitriles is 1. The molecule has 3 rings (SSSR count). The van der Waals surface area contributed by atoms with Crippen LogP contribution in [0, 0.1) is 11.3 Å². The molecule has 2 N–H and O–H groups in total. The number of methoxy groups -OCH3 is 1. The number of ether oxygens (including phenoxy) is 1. The van der Waals surface area contributed by atoms with Crippen molar-refractivity contribution >= 4 is 29.1 Å². The average Bonchev–Trinajstić information content (AvgIpc) is 2.79. The second-order valence-corrected chi connectivity index (χ2v) is 7.10. The van der Waals surface area contributed by atoms with E-state index in [9.17, 15) is 9.59 Å². The second-order valence-electron chi connectivity index (χ2n) is 6.70. The smallest absolute Gasteiger partial charge is 0.253 e. The Hall–Kier alpha value is -3.82. The van der Waals surface area contributed by atoms with Gasteiger partial charge in [0, 0.05) is 0 Å². The van der Waals surface area contributed by atoms with Gasteiger partial charge in [0.2, 0.25) is 5.91 Å². The molecule has 0 aliphatic carbocycles. The van der Waals surface area contributed by atoms with Crippen LogP contribution in [0.4, 0.5) is 5.69 Å². The van der Waals surface area contributed by atoms with Crippen molar-refractivity contribution in [1.29, 1.82) is 5.26 Å². The lowest BCUT2D eigenvalue weighted by molar-refractivity contribution is -0.116. The minimum atomic E-state index is -0.588. The molecule has 0 heterocycles. The zero-order valence-corrected chi connectivity index (χ0v) is 17.5. The Kier molecular flexibility index (Phi) is 7.26. The van der Waals surface area contributed by atoms with Gasteiger partial charge in [-0.25, -0.2) is 0 Å². The van der Waals surface area contributed by atoms with Crippen LogP contribution in [0.15, 0.2) is 72.8 Å². The number of hydrogen-bond acceptors (Lipinski definition) is 4. The van der Waals surface area contributed by atoms with Crippen LogP contribution in [0.2, 0.25) is 5.02 Å². The fourth-order valence-corrected chi connectivity index (χ4v) is 3.30. The summed E-state index contributed by atoms with van der Waals surface area (Å²) in [6, 6.07) is 22.1. The molecule has 31 heavy (non-hydrogen) atoms. The fraction of sp³-hybridized carbons (Fsp3) is 0.125. The molecule has 0 aliphatic heterocycles. The summed E-state index contributed by atoms with van der Waals surface area (Å²) in [5.74, 6) is -0.290. The van der Waals surface area contributed by atoms with Gasteiger partial charge in [-0.1, -0.05) is 54.1 Å². The van der Waals surface area contributed by atoms with Crippen LogP contribution >= 0.6 is 11.6 Å². The van der Waals surface area contributed by atoms with E-state index >= 15 is 0 Å². The summed E-state index contributed by atoms with van der Waals surface area (Å²) in [6.07, 6.45) is -0.0276. The molecule has 1 atom stereocenters. The fourth-order valence-electron chi connectivity index (χ4n) is 3.08. The monoisotopic (exact) mass is 433 g/mol. The molecule has 3 aromatic rings. The Morgan fingerprint density at radius 3 is 2.45 bits per heavy atom. The van der Waals surface area contributed by atoms with Crippen LogP contribution in [0.1, 0.15) is 33.9 Å². The standard InChI is InChI=1S/C24H20ClN3O3/c1-31-22-12-11-16(15-26)13-21(22)27-23(29)14-20(17-7-3-2-4-8-17)28-24(30)18-9-5-6-10-19(18)25/h2-13,20H,14H2,1H3,(H,27,29)(H,28,30). The van der Waals surface area contributed by atoms with Crippen molar-refractivity contribution in [2.45, 2.75) is 12.5 Å². The summed E-state index contributed by atoms with van der Waals surface area (Å²) in [7, 11) is 1.48. The van der Waals surface area contributed by atoms with E-state index in [0.717, 1.165) is 5.56 Å². The molecule has 0 spiro atoms. The van der Waals surface area contributed by atoms with E-state index in [1.807, 2.05) is 36.4 Å². The minimum Gasteiger partial charge on any atom is -0.495 e. The summed E-state index contributed by atoms with van der Waals surface area (Å²) in [6.45, 7) is 0. The number of benzene rings is 3. The van der Waals surface area contributed by atoms with E-state index in [-0.39, 0.29) is 18.2 Å². The van der Waals surface area contributed by atoms with Gasteiger partial charge in [-0.15, -0.1) is 0 Å². The zero-order chi connectivity index (χ0) is 22.2. The molecule has 2 amide bonds. The SMILES string of the molecule is COc1ccc(C#N)cc1NC(=O)CC(NC(=O)c1ccccc1Cl)c1ccccc1. The van der Waals surface area contributed by atoms with Crippen molar-refractivity contribution in [3.05, 3.63) is 94.5 Å². The number of nitrogens with one attached hydrogen (secondary N) is 2. The topological polar surface area (TPSA) is 91.2 Å². The van der Waals surface area contributed by atoms with Gasteiger partial charge in [-0.2, -0.15) is 5.26 Å². The van der Waals surface area contributed by atoms with Crippen molar-refractivity contribution in [2.75, 3.05) is 12.4 Å². The van der Waals surface area contributed by atoms with Gasteiger partial charge in [0.25, 0.3) is 5.91 Å². The van der Waals surface area contributed by atoms with E-state index in [2.05, 4.69) is 10.6 Å². The van der Waals surface area contributed by atoms with Crippen LogP contribution in [0.25, 0.3) is 0 Å². The molecular weight excluding hydrogens is 414 g/mol. The Morgan fingerprint density at radius 2 is 1.77 bits per heavy atom. The molecule has 1 unspecified atom stereocenters. The second kappa shape index (κ2) is 10.3. The highest BCUT2D eigenvalue weighted by atomic mass is 35.5. The first-order valence-corrected chi connectivity index (χ1v) is 9.88. The summed E-state index contributed by atoms with van der Waals surface area (Å²) in [5.41, 5.74) is 1.88. The molecule has 0 bridgehead atoms. The first-order chi connectivity index (χ1) is 15.0. The summed E-state index contributed by atoms with van der Waals surface area (Å²) in [5, 5.41) is 15.1. The number of anilines is 1. The minimum absolute atomic E-state index is 0.0276. The third kappa shape index (κ3) is 5.62. The number of amides is 2. The Bertz CT molecular complexity index is 1130. The van der Waals surface area contributed by atoms with Gasteiger partial charge >= 0.3 is 0 Å². The quantitative estimate of drug-likeness (QED) is 0.564. The molecule has 0 fully saturated rings. The molecule has 3 aromatic carbocycles. The highest BCUT2D eigenvalue weighted by Crippen LogP contribution is 2.27. The van der Waals surface area contributed by atoms with Gasteiger partial charge in [0.05, 0.1) is 47.5 Å². The molecule has 0 aromatic heterocycles. The van der Waals surface area contributed by atoms with Crippen LogP contribution in [0.3, 0.4) is 0 Å². The molecule has 7 heteroatoms. The van der Waals surface area contributed by atoms with Crippen molar-refractivity contribution < 1.29 is 14.3 Å². The van der Waals surface area contributed by atoms with Gasteiger partial charge in [0.1, 0.15) is 5.75 Å². The number of halogens is 1. The number of hydrogen-bond donors (Lipinski definition) is 2. The molecule has 0 radical (unpaired) electrons. The lowest BCUT2D eigenvalue weighted by Gasteiger charge is -2.20. The average molecular weight is 434 g/mol. The lowest BCUT2D eigenvalue weighted by Crippen LogP contribution is -2.31. The number of carbonyl (C=O) groups excluding carboxylic acids is 2. The van der Waals surface area contributed by atoms with Crippen molar-refractivity contribution in [1.82, 2.24) is 5.32 Å². The maximum atomic E-state index is 12.8. The van der Waals surface area contributed by atoms with Crippen LogP contribution in [0.5, 0.6) is 5.75 Å². The Labute approximate surface area is 185 Å². The van der Waals surface area contributed by atoms with Gasteiger partial charge in [0.15, 0.2) is 0 Å². The summed E-state index contributed by atoms with van der Waals surface area (Å²) >= 11 is 6.14. The van der Waals surface area contributed by atoms with Gasteiger partial charge in [-0.05, 0) is 35.9 Å². The maximum absolute atomic E-state index is 12.8. The van der Waals surface area contributed by atoms with Crippen molar-refractivity contribution in [3.63, 3.8) is 0 Å². The van der Waals surface area contributed by atoms with E-state index in [0.29, 0.717) is 27.6 Å².